The van der Waals surface area contributed by atoms with Crippen LogP contribution in [0.25, 0.3) is 0 Å². The first-order chi connectivity index (χ1) is 8.20. The molecule has 1 fully saturated rings. The summed E-state index contributed by atoms with van der Waals surface area (Å²) < 4.78 is 0. The second-order valence-corrected chi connectivity index (χ2v) is 4.72. The van der Waals surface area contributed by atoms with Crippen molar-refractivity contribution in [3.8, 4) is 0 Å². The molecule has 1 aromatic carbocycles. The van der Waals surface area contributed by atoms with Crippen molar-refractivity contribution >= 4 is 11.6 Å². The molecule has 1 aliphatic rings. The first-order valence-corrected chi connectivity index (χ1v) is 6.11. The van der Waals surface area contributed by atoms with E-state index in [4.69, 9.17) is 5.84 Å². The van der Waals surface area contributed by atoms with Gasteiger partial charge in [0.1, 0.15) is 0 Å². The minimum Gasteiger partial charge on any atom is -0.325 e. The van der Waals surface area contributed by atoms with E-state index in [0.717, 1.165) is 5.69 Å². The number of hydrogen-bond donors (Lipinski definition) is 3. The van der Waals surface area contributed by atoms with Crippen LogP contribution in [0.15, 0.2) is 29.3 Å². The third-order valence-corrected chi connectivity index (χ3v) is 2.83. The van der Waals surface area contributed by atoms with E-state index in [9.17, 15) is 0 Å². The standard InChI is InChI=1S/C13H20N4/c1-9(2)11-5-3-4-6-12(11)16-13(17-14)15-10-7-8-10/h3-6,9-10H,7-8,14H2,1-2H3,(H2,15,16,17). The summed E-state index contributed by atoms with van der Waals surface area (Å²) in [7, 11) is 0. The maximum Gasteiger partial charge on any atom is 0.210 e. The van der Waals surface area contributed by atoms with Crippen molar-refractivity contribution in [2.24, 2.45) is 10.8 Å². The molecule has 0 radical (unpaired) electrons. The van der Waals surface area contributed by atoms with Gasteiger partial charge in [0.05, 0.1) is 6.04 Å². The van der Waals surface area contributed by atoms with Crippen LogP contribution in [0.2, 0.25) is 0 Å². The number of nitrogens with one attached hydrogen (secondary N) is 2. The Bertz CT molecular complexity index is 408. The number of nitrogens with two attached hydrogens (primary N) is 1. The monoisotopic (exact) mass is 232 g/mol. The quantitative estimate of drug-likeness (QED) is 0.324. The third kappa shape index (κ3) is 3.20. The summed E-state index contributed by atoms with van der Waals surface area (Å²) in [6, 6.07) is 8.68. The molecule has 4 heteroatoms. The van der Waals surface area contributed by atoms with Crippen molar-refractivity contribution in [1.29, 1.82) is 0 Å². The van der Waals surface area contributed by atoms with E-state index < -0.39 is 0 Å². The summed E-state index contributed by atoms with van der Waals surface area (Å²) in [5, 5.41) is 3.26. The van der Waals surface area contributed by atoms with E-state index in [-0.39, 0.29) is 0 Å². The summed E-state index contributed by atoms with van der Waals surface area (Å²) in [5.41, 5.74) is 4.97. The predicted molar refractivity (Wildman–Crippen MR) is 71.9 cm³/mol. The zero-order valence-corrected chi connectivity index (χ0v) is 10.4. The van der Waals surface area contributed by atoms with Crippen LogP contribution in [-0.2, 0) is 0 Å². The summed E-state index contributed by atoms with van der Waals surface area (Å²) in [4.78, 5) is 4.47. The minimum absolute atomic E-state index is 0.444. The Labute approximate surface area is 102 Å². The molecule has 1 saturated carbocycles. The minimum atomic E-state index is 0.444. The van der Waals surface area contributed by atoms with Crippen molar-refractivity contribution in [3.63, 3.8) is 0 Å². The Kier molecular flexibility index (Phi) is 3.64. The van der Waals surface area contributed by atoms with Crippen LogP contribution < -0.4 is 16.6 Å². The molecule has 0 spiro atoms. The lowest BCUT2D eigenvalue weighted by molar-refractivity contribution is 0.868. The highest BCUT2D eigenvalue weighted by Gasteiger charge is 2.21. The fourth-order valence-electron chi connectivity index (χ4n) is 1.73. The highest BCUT2D eigenvalue weighted by atomic mass is 15.3. The highest BCUT2D eigenvalue weighted by molar-refractivity contribution is 5.94. The molecule has 0 atom stereocenters. The first kappa shape index (κ1) is 11.9. The molecule has 1 aromatic rings. The molecular weight excluding hydrogens is 212 g/mol. The number of hydrogen-bond acceptors (Lipinski definition) is 2. The fourth-order valence-corrected chi connectivity index (χ4v) is 1.73. The number of benzene rings is 1. The second kappa shape index (κ2) is 5.19. The number of guanidine groups is 1. The average molecular weight is 232 g/mol. The van der Waals surface area contributed by atoms with Crippen LogP contribution in [0.1, 0.15) is 38.2 Å². The van der Waals surface area contributed by atoms with Crippen LogP contribution >= 0.6 is 0 Å². The van der Waals surface area contributed by atoms with Gasteiger partial charge in [-0.15, -0.1) is 0 Å². The number of aliphatic imine (C=N–C) groups is 1. The Morgan fingerprint density at radius 2 is 2.06 bits per heavy atom. The smallest absolute Gasteiger partial charge is 0.210 e. The van der Waals surface area contributed by atoms with Crippen molar-refractivity contribution in [1.82, 2.24) is 5.43 Å². The van der Waals surface area contributed by atoms with Gasteiger partial charge in [-0.05, 0) is 30.4 Å². The molecule has 0 unspecified atom stereocenters. The molecule has 0 heterocycles. The number of anilines is 1. The SMILES string of the molecule is CC(C)c1ccccc1NC(=NC1CC1)NN. The van der Waals surface area contributed by atoms with E-state index >= 15 is 0 Å². The van der Waals surface area contributed by atoms with Crippen LogP contribution in [0.4, 0.5) is 5.69 Å². The van der Waals surface area contributed by atoms with E-state index in [1.807, 2.05) is 12.1 Å². The fraction of sp³-hybridized carbons (Fsp3) is 0.462. The maximum atomic E-state index is 5.48. The predicted octanol–water partition coefficient (Wildman–Crippen LogP) is 2.20. The van der Waals surface area contributed by atoms with Gasteiger partial charge in [-0.1, -0.05) is 32.0 Å². The molecule has 92 valence electrons. The van der Waals surface area contributed by atoms with Crippen molar-refractivity contribution in [2.75, 3.05) is 5.32 Å². The second-order valence-electron chi connectivity index (χ2n) is 4.72. The number of rotatable bonds is 3. The van der Waals surface area contributed by atoms with Gasteiger partial charge >= 0.3 is 0 Å². The molecular formula is C13H20N4. The third-order valence-electron chi connectivity index (χ3n) is 2.83. The van der Waals surface area contributed by atoms with Gasteiger partial charge in [0, 0.05) is 5.69 Å². The van der Waals surface area contributed by atoms with Gasteiger partial charge in [0.25, 0.3) is 0 Å². The summed E-state index contributed by atoms with van der Waals surface area (Å²) in [6.45, 7) is 4.35. The Morgan fingerprint density at radius 1 is 1.35 bits per heavy atom. The lowest BCUT2D eigenvalue weighted by atomic mass is 10.0. The zero-order valence-electron chi connectivity index (χ0n) is 10.4. The van der Waals surface area contributed by atoms with E-state index in [2.05, 4.69) is 41.7 Å². The van der Waals surface area contributed by atoms with Crippen molar-refractivity contribution in [3.05, 3.63) is 29.8 Å². The molecule has 0 saturated heterocycles. The van der Waals surface area contributed by atoms with Gasteiger partial charge in [-0.25, -0.2) is 10.8 Å². The van der Waals surface area contributed by atoms with Crippen LogP contribution in [-0.4, -0.2) is 12.0 Å². The van der Waals surface area contributed by atoms with Crippen LogP contribution in [0.5, 0.6) is 0 Å². The first-order valence-electron chi connectivity index (χ1n) is 6.11. The molecule has 2 rings (SSSR count). The van der Waals surface area contributed by atoms with Crippen molar-refractivity contribution in [2.45, 2.75) is 38.6 Å². The zero-order chi connectivity index (χ0) is 12.3. The molecule has 0 aromatic heterocycles. The molecule has 4 nitrogen and oxygen atoms in total. The summed E-state index contributed by atoms with van der Waals surface area (Å²) >= 11 is 0. The molecule has 0 amide bonds. The molecule has 4 N–H and O–H groups in total. The largest absolute Gasteiger partial charge is 0.325 e. The van der Waals surface area contributed by atoms with Gasteiger partial charge in [0.2, 0.25) is 5.96 Å². The van der Waals surface area contributed by atoms with Crippen LogP contribution in [0, 0.1) is 0 Å². The van der Waals surface area contributed by atoms with E-state index in [1.165, 1.54) is 18.4 Å². The number of nitrogens with zero attached hydrogens (tertiary/aromatic N) is 1. The van der Waals surface area contributed by atoms with Gasteiger partial charge in [0.15, 0.2) is 0 Å². The van der Waals surface area contributed by atoms with Gasteiger partial charge in [-0.3, -0.25) is 5.43 Å². The molecule has 1 aliphatic carbocycles. The lowest BCUT2D eigenvalue weighted by Crippen LogP contribution is -2.36. The topological polar surface area (TPSA) is 62.4 Å². The normalized spacial score (nSPS) is 16.1. The lowest BCUT2D eigenvalue weighted by Gasteiger charge is -2.15. The van der Waals surface area contributed by atoms with E-state index in [1.54, 1.807) is 0 Å². The van der Waals surface area contributed by atoms with Gasteiger partial charge < -0.3 is 5.32 Å². The van der Waals surface area contributed by atoms with Crippen LogP contribution in [0.3, 0.4) is 0 Å². The maximum absolute atomic E-state index is 5.48. The van der Waals surface area contributed by atoms with E-state index in [0.29, 0.717) is 17.9 Å². The number of para-hydroxylation sites is 1. The molecule has 0 bridgehead atoms. The highest BCUT2D eigenvalue weighted by Crippen LogP contribution is 2.25. The van der Waals surface area contributed by atoms with Crippen molar-refractivity contribution < 1.29 is 0 Å². The summed E-state index contributed by atoms with van der Waals surface area (Å²) in [5.74, 6) is 6.60. The Hall–Kier alpha value is -1.55. The molecule has 17 heavy (non-hydrogen) atoms. The van der Waals surface area contributed by atoms with Gasteiger partial charge in [-0.2, -0.15) is 0 Å². The average Bonchev–Trinajstić information content (AvgIpc) is 3.12. The molecule has 0 aliphatic heterocycles. The number of hydrazine groups is 1. The Morgan fingerprint density at radius 3 is 2.65 bits per heavy atom. The summed E-state index contributed by atoms with van der Waals surface area (Å²) in [6.07, 6.45) is 2.33. The Balaban J connectivity index is 2.16.